The Morgan fingerprint density at radius 1 is 1.17 bits per heavy atom. The smallest absolute Gasteiger partial charge is 0.140 e. The molecular weight excluding hydrogens is 156 g/mol. The van der Waals surface area contributed by atoms with Crippen LogP contribution in [0.15, 0.2) is 40.7 Å². The Balaban J connectivity index is 2.79. The van der Waals surface area contributed by atoms with E-state index in [1.165, 1.54) is 0 Å². The van der Waals surface area contributed by atoms with Gasteiger partial charge in [-0.2, -0.15) is 9.81 Å². The minimum Gasteiger partial charge on any atom is -0.151 e. The van der Waals surface area contributed by atoms with Gasteiger partial charge in [-0.3, -0.25) is 0 Å². The van der Waals surface area contributed by atoms with E-state index in [-0.39, 0.29) is 6.54 Å². The Kier molecular flexibility index (Phi) is 3.07. The first-order chi connectivity index (χ1) is 5.88. The van der Waals surface area contributed by atoms with Crippen molar-refractivity contribution in [1.29, 1.82) is 0 Å². The van der Waals surface area contributed by atoms with Crippen molar-refractivity contribution < 1.29 is 0 Å². The fourth-order valence-electron chi connectivity index (χ4n) is 0.945. The molecule has 0 fully saturated rings. The molecule has 0 spiro atoms. The summed E-state index contributed by atoms with van der Waals surface area (Å²) >= 11 is 0. The van der Waals surface area contributed by atoms with Crippen LogP contribution >= 0.6 is 0 Å². The van der Waals surface area contributed by atoms with Crippen molar-refractivity contribution in [2.45, 2.75) is 6.04 Å². The van der Waals surface area contributed by atoms with Crippen molar-refractivity contribution >= 4 is 0 Å². The molecule has 0 heterocycles. The van der Waals surface area contributed by atoms with E-state index in [0.717, 1.165) is 5.56 Å². The molecule has 4 heteroatoms. The minimum absolute atomic E-state index is 0.0898. The van der Waals surface area contributed by atoms with Crippen molar-refractivity contribution in [2.75, 3.05) is 6.54 Å². The first kappa shape index (κ1) is 8.52. The second kappa shape index (κ2) is 4.33. The topological polar surface area (TPSA) is 58.9 Å². The van der Waals surface area contributed by atoms with Crippen LogP contribution in [-0.2, 0) is 0 Å². The third kappa shape index (κ3) is 1.95. The highest BCUT2D eigenvalue weighted by Gasteiger charge is 2.10. The quantitative estimate of drug-likeness (QED) is 0.641. The molecule has 1 aromatic carbocycles. The fourth-order valence-corrected chi connectivity index (χ4v) is 0.945. The Bertz CT molecular complexity index is 261. The zero-order chi connectivity index (χ0) is 8.81. The maximum absolute atomic E-state index is 10.2. The van der Waals surface area contributed by atoms with E-state index in [9.17, 15) is 9.81 Å². The minimum atomic E-state index is -0.635. The van der Waals surface area contributed by atoms with E-state index in [1.54, 1.807) is 24.3 Å². The van der Waals surface area contributed by atoms with Gasteiger partial charge in [0.05, 0.1) is 0 Å². The summed E-state index contributed by atoms with van der Waals surface area (Å²) in [7, 11) is 0. The van der Waals surface area contributed by atoms with Gasteiger partial charge in [0.25, 0.3) is 0 Å². The second-order valence-electron chi connectivity index (χ2n) is 2.34. The van der Waals surface area contributed by atoms with Crippen LogP contribution in [0.25, 0.3) is 0 Å². The van der Waals surface area contributed by atoms with Crippen LogP contribution in [0.1, 0.15) is 11.6 Å². The summed E-state index contributed by atoms with van der Waals surface area (Å²) in [6.07, 6.45) is 0. The lowest BCUT2D eigenvalue weighted by Crippen LogP contribution is -1.97. The largest absolute Gasteiger partial charge is 0.151 e. The molecule has 1 atom stereocenters. The van der Waals surface area contributed by atoms with Gasteiger partial charge in [0.15, 0.2) is 0 Å². The Morgan fingerprint density at radius 2 is 1.83 bits per heavy atom. The van der Waals surface area contributed by atoms with Gasteiger partial charge >= 0.3 is 0 Å². The molecule has 1 rings (SSSR count). The van der Waals surface area contributed by atoms with E-state index in [2.05, 4.69) is 10.4 Å². The predicted octanol–water partition coefficient (Wildman–Crippen LogP) is 2.26. The summed E-state index contributed by atoms with van der Waals surface area (Å²) < 4.78 is 0. The average Bonchev–Trinajstić information content (AvgIpc) is 2.15. The van der Waals surface area contributed by atoms with Crippen molar-refractivity contribution in [3.05, 3.63) is 45.7 Å². The lowest BCUT2D eigenvalue weighted by molar-refractivity contribution is 0.731. The fraction of sp³-hybridized carbons (Fsp3) is 0.250. The van der Waals surface area contributed by atoms with E-state index in [0.29, 0.717) is 0 Å². The third-order valence-electron chi connectivity index (χ3n) is 1.56. The van der Waals surface area contributed by atoms with Crippen molar-refractivity contribution in [3.63, 3.8) is 0 Å². The van der Waals surface area contributed by atoms with E-state index in [4.69, 9.17) is 0 Å². The van der Waals surface area contributed by atoms with Gasteiger partial charge in [0, 0.05) is 0 Å². The van der Waals surface area contributed by atoms with Crippen LogP contribution in [0.5, 0.6) is 0 Å². The highest BCUT2D eigenvalue weighted by molar-refractivity contribution is 5.19. The van der Waals surface area contributed by atoms with Gasteiger partial charge in [-0.15, -0.1) is 0 Å². The van der Waals surface area contributed by atoms with Crippen molar-refractivity contribution in [1.82, 2.24) is 0 Å². The van der Waals surface area contributed by atoms with E-state index in [1.807, 2.05) is 6.07 Å². The third-order valence-corrected chi connectivity index (χ3v) is 1.56. The lowest BCUT2D eigenvalue weighted by atomic mass is 10.1. The molecule has 0 saturated carbocycles. The van der Waals surface area contributed by atoms with Crippen LogP contribution in [0.4, 0.5) is 0 Å². The molecule has 0 saturated heterocycles. The maximum atomic E-state index is 10.2. The summed E-state index contributed by atoms with van der Waals surface area (Å²) in [5, 5.41) is 5.44. The Morgan fingerprint density at radius 3 is 2.33 bits per heavy atom. The summed E-state index contributed by atoms with van der Waals surface area (Å²) in [5.41, 5.74) is 0.729. The molecule has 0 amide bonds. The first-order valence-electron chi connectivity index (χ1n) is 3.55. The summed E-state index contributed by atoms with van der Waals surface area (Å²) in [5.74, 6) is 0. The molecule has 0 aliphatic rings. The first-order valence-corrected chi connectivity index (χ1v) is 3.55. The standard InChI is InChI=1S/C8H8N2O2/c11-9-6-8(10-12)7-4-2-1-3-5-7/h1-5,8H,6H2/t8-/m0/s1. The number of hydrogen-bond acceptors (Lipinski definition) is 4. The molecular formula is C8H8N2O2. The summed E-state index contributed by atoms with van der Waals surface area (Å²) in [4.78, 5) is 20.1. The number of nitroso groups, excluding NO2 is 2. The number of hydrogen-bond donors (Lipinski definition) is 0. The molecule has 0 unspecified atom stereocenters. The molecule has 0 radical (unpaired) electrons. The SMILES string of the molecule is O=NC[C@H](N=O)c1ccccc1. The van der Waals surface area contributed by atoms with Gasteiger partial charge in [0.1, 0.15) is 12.6 Å². The lowest BCUT2D eigenvalue weighted by Gasteiger charge is -2.02. The van der Waals surface area contributed by atoms with Gasteiger partial charge in [-0.1, -0.05) is 40.7 Å². The van der Waals surface area contributed by atoms with Gasteiger partial charge in [-0.25, -0.2) is 0 Å². The molecule has 0 bridgehead atoms. The molecule has 0 N–H and O–H groups in total. The Hall–Kier alpha value is -1.58. The Labute approximate surface area is 69.6 Å². The molecule has 12 heavy (non-hydrogen) atoms. The maximum Gasteiger partial charge on any atom is 0.140 e. The average molecular weight is 164 g/mol. The van der Waals surface area contributed by atoms with Crippen LogP contribution in [-0.4, -0.2) is 6.54 Å². The van der Waals surface area contributed by atoms with Crippen LogP contribution in [0.3, 0.4) is 0 Å². The highest BCUT2D eigenvalue weighted by atomic mass is 16.3. The molecule has 1 aromatic rings. The number of benzene rings is 1. The summed E-state index contributed by atoms with van der Waals surface area (Å²) in [6.45, 7) is -0.0898. The zero-order valence-electron chi connectivity index (χ0n) is 6.38. The van der Waals surface area contributed by atoms with E-state index >= 15 is 0 Å². The predicted molar refractivity (Wildman–Crippen MR) is 45.6 cm³/mol. The van der Waals surface area contributed by atoms with Gasteiger partial charge in [0.2, 0.25) is 0 Å². The molecule has 62 valence electrons. The van der Waals surface area contributed by atoms with Gasteiger partial charge in [-0.05, 0) is 5.56 Å². The van der Waals surface area contributed by atoms with Crippen molar-refractivity contribution in [2.24, 2.45) is 10.4 Å². The highest BCUT2D eigenvalue weighted by Crippen LogP contribution is 2.16. The molecule has 4 nitrogen and oxygen atoms in total. The van der Waals surface area contributed by atoms with E-state index < -0.39 is 6.04 Å². The van der Waals surface area contributed by atoms with Crippen molar-refractivity contribution in [3.8, 4) is 0 Å². The zero-order valence-corrected chi connectivity index (χ0v) is 6.38. The van der Waals surface area contributed by atoms with Gasteiger partial charge < -0.3 is 0 Å². The number of rotatable bonds is 4. The molecule has 0 aromatic heterocycles. The molecule has 0 aliphatic carbocycles. The normalized spacial score (nSPS) is 12.0. The second-order valence-corrected chi connectivity index (χ2v) is 2.34. The summed E-state index contributed by atoms with van der Waals surface area (Å²) in [6, 6.07) is 8.27. The number of nitrogens with zero attached hydrogens (tertiary/aromatic N) is 2. The van der Waals surface area contributed by atoms with Crippen LogP contribution < -0.4 is 0 Å². The molecule has 0 aliphatic heterocycles. The monoisotopic (exact) mass is 164 g/mol. The van der Waals surface area contributed by atoms with Crippen LogP contribution in [0.2, 0.25) is 0 Å². The van der Waals surface area contributed by atoms with Crippen LogP contribution in [0, 0.1) is 9.81 Å².